The Morgan fingerprint density at radius 3 is 2.12 bits per heavy atom. The molecule has 4 radical (unpaired) electrons. The molecule has 0 amide bonds. The Kier molecular flexibility index (Phi) is 9.89. The predicted octanol–water partition coefficient (Wildman–Crippen LogP) is 2.28. The van der Waals surface area contributed by atoms with Crippen LogP contribution in [0.1, 0.15) is 34.1 Å². The van der Waals surface area contributed by atoms with Gasteiger partial charge in [0, 0.05) is 6.10 Å². The summed E-state index contributed by atoms with van der Waals surface area (Å²) in [6, 6.07) is 0. The van der Waals surface area contributed by atoms with E-state index in [-0.39, 0.29) is 24.4 Å². The maximum atomic E-state index is 5.80. The van der Waals surface area contributed by atoms with E-state index in [1.807, 2.05) is 13.8 Å². The fraction of sp³-hybridized carbons (Fsp3) is 0.923. The van der Waals surface area contributed by atoms with E-state index in [9.17, 15) is 0 Å². The Morgan fingerprint density at radius 2 is 1.65 bits per heavy atom. The molecule has 0 aliphatic heterocycles. The molecule has 0 aliphatic rings. The highest BCUT2D eigenvalue weighted by molar-refractivity contribution is 6.08. The Balaban J connectivity index is 4.00. The average molecular weight is 240 g/mol. The molecule has 0 aromatic heterocycles. The van der Waals surface area contributed by atoms with E-state index < -0.39 is 0 Å². The normalized spacial score (nSPS) is 17.1. The zero-order valence-corrected chi connectivity index (χ0v) is 11.5. The van der Waals surface area contributed by atoms with Gasteiger partial charge in [0.2, 0.25) is 0 Å². The third-order valence-electron chi connectivity index (χ3n) is 2.44. The molecule has 0 saturated heterocycles. The summed E-state index contributed by atoms with van der Waals surface area (Å²) in [6.07, 6.45) is 1.31. The van der Waals surface area contributed by atoms with E-state index in [0.29, 0.717) is 19.5 Å². The van der Waals surface area contributed by atoms with Gasteiger partial charge in [0.05, 0.1) is 33.3 Å². The summed E-state index contributed by atoms with van der Waals surface area (Å²) in [5.74, 6) is 0. The van der Waals surface area contributed by atoms with Crippen molar-refractivity contribution in [1.82, 2.24) is 0 Å². The van der Waals surface area contributed by atoms with Gasteiger partial charge in [-0.2, -0.15) is 0 Å². The van der Waals surface area contributed by atoms with Crippen molar-refractivity contribution < 1.29 is 14.2 Å². The third kappa shape index (κ3) is 9.63. The summed E-state index contributed by atoms with van der Waals surface area (Å²) in [7, 11) is 5.49. The monoisotopic (exact) mass is 240 g/mol. The van der Waals surface area contributed by atoms with E-state index in [2.05, 4.69) is 6.92 Å². The highest BCUT2D eigenvalue weighted by Crippen LogP contribution is 2.07. The lowest BCUT2D eigenvalue weighted by Crippen LogP contribution is -2.31. The standard InChI is InChI=1S/C13H25BO3/c1-6-11(4)17-13(8-15-10(2)3)9-16-12(5)7-14/h2,10-13H,6-9H2,1,3-5H3. The molecule has 0 heterocycles. The van der Waals surface area contributed by atoms with Gasteiger partial charge in [0.15, 0.2) is 0 Å². The van der Waals surface area contributed by atoms with Crippen LogP contribution >= 0.6 is 0 Å². The summed E-state index contributed by atoms with van der Waals surface area (Å²) >= 11 is 0. The molecule has 0 N–H and O–H groups in total. The van der Waals surface area contributed by atoms with Crippen LogP contribution in [0.3, 0.4) is 0 Å². The zero-order chi connectivity index (χ0) is 13.3. The van der Waals surface area contributed by atoms with Gasteiger partial charge in [0.25, 0.3) is 0 Å². The van der Waals surface area contributed by atoms with Gasteiger partial charge in [-0.3, -0.25) is 0 Å². The fourth-order valence-corrected chi connectivity index (χ4v) is 1.15. The molecule has 0 fully saturated rings. The minimum absolute atomic E-state index is 0.0355. The van der Waals surface area contributed by atoms with Gasteiger partial charge >= 0.3 is 0 Å². The van der Waals surface area contributed by atoms with Crippen LogP contribution in [-0.4, -0.2) is 45.5 Å². The van der Waals surface area contributed by atoms with Gasteiger partial charge < -0.3 is 14.2 Å². The van der Waals surface area contributed by atoms with Crippen LogP contribution in [0.25, 0.3) is 0 Å². The second-order valence-electron chi connectivity index (χ2n) is 4.40. The summed E-state index contributed by atoms with van der Waals surface area (Å²) in [6.45, 7) is 14.3. The van der Waals surface area contributed by atoms with Crippen LogP contribution in [0, 0.1) is 6.92 Å². The number of hydrogen-bond donors (Lipinski definition) is 0. The molecule has 4 heteroatoms. The van der Waals surface area contributed by atoms with Crippen LogP contribution in [0.15, 0.2) is 0 Å². The summed E-state index contributed by atoms with van der Waals surface area (Å²) in [5, 5.41) is 0. The maximum Gasteiger partial charge on any atom is 0.104 e. The maximum absolute atomic E-state index is 5.80. The van der Waals surface area contributed by atoms with E-state index >= 15 is 0 Å². The molecule has 4 atom stereocenters. The van der Waals surface area contributed by atoms with E-state index in [0.717, 1.165) is 6.42 Å². The molecule has 98 valence electrons. The minimum atomic E-state index is -0.287. The van der Waals surface area contributed by atoms with Gasteiger partial charge in [-0.25, -0.2) is 0 Å². The lowest BCUT2D eigenvalue weighted by molar-refractivity contribution is -0.101. The van der Waals surface area contributed by atoms with Crippen molar-refractivity contribution in [2.24, 2.45) is 0 Å². The van der Waals surface area contributed by atoms with Crippen LogP contribution in [0.5, 0.6) is 0 Å². The van der Waals surface area contributed by atoms with E-state index in [4.69, 9.17) is 29.0 Å². The molecule has 4 unspecified atom stereocenters. The number of hydrogen-bond acceptors (Lipinski definition) is 3. The summed E-state index contributed by atoms with van der Waals surface area (Å²) in [5.41, 5.74) is 0. The summed E-state index contributed by atoms with van der Waals surface area (Å²) in [4.78, 5) is 0. The number of ether oxygens (including phenoxy) is 3. The quantitative estimate of drug-likeness (QED) is 0.548. The van der Waals surface area contributed by atoms with E-state index in [1.54, 1.807) is 6.92 Å². The Bertz CT molecular complexity index is 176. The number of rotatable bonds is 10. The topological polar surface area (TPSA) is 27.7 Å². The van der Waals surface area contributed by atoms with Gasteiger partial charge in [0.1, 0.15) is 6.10 Å². The van der Waals surface area contributed by atoms with Crippen molar-refractivity contribution in [1.29, 1.82) is 0 Å². The Morgan fingerprint density at radius 1 is 1.06 bits per heavy atom. The first kappa shape index (κ1) is 16.9. The molecular weight excluding hydrogens is 215 g/mol. The third-order valence-corrected chi connectivity index (χ3v) is 2.44. The molecule has 0 aromatic carbocycles. The summed E-state index contributed by atoms with van der Waals surface area (Å²) < 4.78 is 16.7. The Hall–Kier alpha value is -0.0551. The van der Waals surface area contributed by atoms with Crippen LogP contribution < -0.4 is 0 Å². The molecule has 0 spiro atoms. The molecule has 0 saturated carbocycles. The largest absolute Gasteiger partial charge is 0.376 e. The van der Waals surface area contributed by atoms with Crippen LogP contribution in [0.4, 0.5) is 0 Å². The van der Waals surface area contributed by atoms with Crippen molar-refractivity contribution in [3.63, 3.8) is 0 Å². The lowest BCUT2D eigenvalue weighted by atomic mass is 10.0. The predicted molar refractivity (Wildman–Crippen MR) is 70.3 cm³/mol. The second-order valence-corrected chi connectivity index (χ2v) is 4.40. The van der Waals surface area contributed by atoms with E-state index in [1.165, 1.54) is 0 Å². The van der Waals surface area contributed by atoms with Crippen molar-refractivity contribution in [2.45, 2.75) is 64.9 Å². The smallest absolute Gasteiger partial charge is 0.104 e. The van der Waals surface area contributed by atoms with Gasteiger partial charge in [-0.15, -0.1) is 0 Å². The molecule has 17 heavy (non-hydrogen) atoms. The fourth-order valence-electron chi connectivity index (χ4n) is 1.15. The van der Waals surface area contributed by atoms with Crippen molar-refractivity contribution in [2.75, 3.05) is 13.2 Å². The average Bonchev–Trinajstić information content (AvgIpc) is 2.31. The molecule has 0 aromatic rings. The van der Waals surface area contributed by atoms with Crippen molar-refractivity contribution >= 4 is 7.85 Å². The van der Waals surface area contributed by atoms with Crippen LogP contribution in [0.2, 0.25) is 6.32 Å². The first-order valence-corrected chi connectivity index (χ1v) is 6.33. The highest BCUT2D eigenvalue weighted by Gasteiger charge is 2.15. The highest BCUT2D eigenvalue weighted by atomic mass is 16.6. The molecule has 0 bridgehead atoms. The van der Waals surface area contributed by atoms with Crippen molar-refractivity contribution in [3.05, 3.63) is 6.92 Å². The molecular formula is C13H25BO3. The van der Waals surface area contributed by atoms with Gasteiger partial charge in [-0.05, 0) is 34.1 Å². The minimum Gasteiger partial charge on any atom is -0.376 e. The first-order valence-electron chi connectivity index (χ1n) is 6.33. The zero-order valence-electron chi connectivity index (χ0n) is 11.5. The second kappa shape index (κ2) is 9.92. The molecule has 3 nitrogen and oxygen atoms in total. The molecule has 0 rings (SSSR count). The van der Waals surface area contributed by atoms with Crippen LogP contribution in [-0.2, 0) is 14.2 Å². The van der Waals surface area contributed by atoms with Crippen molar-refractivity contribution in [3.8, 4) is 0 Å². The Labute approximate surface area is 108 Å². The van der Waals surface area contributed by atoms with Gasteiger partial charge in [-0.1, -0.05) is 13.2 Å². The molecule has 0 aliphatic carbocycles. The SMILES string of the molecule is [B]CC(C)OCC(COC([CH])C)OC(C)CC. The lowest BCUT2D eigenvalue weighted by Gasteiger charge is -2.24. The first-order chi connectivity index (χ1) is 7.99.